The van der Waals surface area contributed by atoms with Crippen molar-refractivity contribution in [2.45, 2.75) is 38.6 Å². The van der Waals surface area contributed by atoms with Crippen LogP contribution in [0.4, 0.5) is 5.69 Å². The summed E-state index contributed by atoms with van der Waals surface area (Å²) in [4.78, 5) is 0. The lowest BCUT2D eigenvalue weighted by atomic mass is 9.85. The number of hydrogen-bond donors (Lipinski definition) is 3. The van der Waals surface area contributed by atoms with E-state index in [1.807, 2.05) is 18.3 Å². The molecule has 0 spiro atoms. The minimum Gasteiger partial charge on any atom is -0.409 e. The molecule has 6 nitrogen and oxygen atoms in total. The number of aromatic nitrogens is 2. The molecule has 1 saturated carbocycles. The molecule has 6 heteroatoms. The summed E-state index contributed by atoms with van der Waals surface area (Å²) in [5, 5.41) is 20.0. The zero-order valence-electron chi connectivity index (χ0n) is 12.2. The molecule has 21 heavy (non-hydrogen) atoms. The maximum atomic E-state index is 8.99. The lowest BCUT2D eigenvalue weighted by Gasteiger charge is -2.31. The SMILES string of the molecule is CC1CCCCC1Nc1c(C(N)=NO)cnn2cccc12. The van der Waals surface area contributed by atoms with Crippen LogP contribution in [0.1, 0.15) is 38.2 Å². The van der Waals surface area contributed by atoms with Crippen molar-refractivity contribution in [3.8, 4) is 0 Å². The summed E-state index contributed by atoms with van der Waals surface area (Å²) in [7, 11) is 0. The molecule has 1 aliphatic rings. The number of amidine groups is 1. The van der Waals surface area contributed by atoms with Crippen molar-refractivity contribution in [3.05, 3.63) is 30.1 Å². The molecule has 0 bridgehead atoms. The molecule has 0 aliphatic heterocycles. The largest absolute Gasteiger partial charge is 0.409 e. The first kappa shape index (κ1) is 13.7. The Morgan fingerprint density at radius 3 is 3.05 bits per heavy atom. The van der Waals surface area contributed by atoms with E-state index in [1.54, 1.807) is 10.7 Å². The Morgan fingerprint density at radius 2 is 2.29 bits per heavy atom. The minimum absolute atomic E-state index is 0.0807. The van der Waals surface area contributed by atoms with Gasteiger partial charge in [-0.1, -0.05) is 24.9 Å². The summed E-state index contributed by atoms with van der Waals surface area (Å²) >= 11 is 0. The summed E-state index contributed by atoms with van der Waals surface area (Å²) < 4.78 is 1.80. The molecule has 112 valence electrons. The van der Waals surface area contributed by atoms with Gasteiger partial charge in [0.1, 0.15) is 0 Å². The van der Waals surface area contributed by atoms with Gasteiger partial charge in [0.25, 0.3) is 0 Å². The minimum atomic E-state index is 0.0807. The van der Waals surface area contributed by atoms with Gasteiger partial charge in [-0.3, -0.25) is 0 Å². The van der Waals surface area contributed by atoms with Crippen LogP contribution >= 0.6 is 0 Å². The second kappa shape index (κ2) is 5.63. The molecular formula is C15H21N5O. The van der Waals surface area contributed by atoms with Crippen molar-refractivity contribution in [1.29, 1.82) is 0 Å². The van der Waals surface area contributed by atoms with Gasteiger partial charge in [-0.05, 0) is 30.9 Å². The lowest BCUT2D eigenvalue weighted by Crippen LogP contribution is -2.32. The van der Waals surface area contributed by atoms with Crippen LogP contribution in [0.3, 0.4) is 0 Å². The molecule has 0 aromatic carbocycles. The molecule has 2 aromatic heterocycles. The number of nitrogens with zero attached hydrogens (tertiary/aromatic N) is 3. The van der Waals surface area contributed by atoms with Gasteiger partial charge in [-0.25, -0.2) is 4.52 Å². The fraction of sp³-hybridized carbons (Fsp3) is 0.467. The molecule has 4 N–H and O–H groups in total. The van der Waals surface area contributed by atoms with Gasteiger partial charge in [0.2, 0.25) is 0 Å². The van der Waals surface area contributed by atoms with E-state index in [0.717, 1.165) is 17.6 Å². The van der Waals surface area contributed by atoms with Crippen LogP contribution in [-0.4, -0.2) is 26.7 Å². The highest BCUT2D eigenvalue weighted by Gasteiger charge is 2.23. The highest BCUT2D eigenvalue weighted by Crippen LogP contribution is 2.30. The second-order valence-corrected chi connectivity index (χ2v) is 5.77. The monoisotopic (exact) mass is 287 g/mol. The molecule has 3 rings (SSSR count). The van der Waals surface area contributed by atoms with Crippen LogP contribution in [0.5, 0.6) is 0 Å². The van der Waals surface area contributed by atoms with Gasteiger partial charge in [-0.2, -0.15) is 5.10 Å². The summed E-state index contributed by atoms with van der Waals surface area (Å²) in [5.74, 6) is 0.694. The normalized spacial score (nSPS) is 23.4. The average molecular weight is 287 g/mol. The zero-order valence-corrected chi connectivity index (χ0v) is 12.2. The maximum absolute atomic E-state index is 8.99. The van der Waals surface area contributed by atoms with E-state index in [1.165, 1.54) is 19.3 Å². The first-order valence-corrected chi connectivity index (χ1v) is 7.41. The maximum Gasteiger partial charge on any atom is 0.173 e. The Hall–Kier alpha value is -2.24. The van der Waals surface area contributed by atoms with Crippen LogP contribution in [-0.2, 0) is 0 Å². The number of anilines is 1. The number of nitrogens with one attached hydrogen (secondary N) is 1. The Morgan fingerprint density at radius 1 is 1.48 bits per heavy atom. The Balaban J connectivity index is 2.03. The first-order chi connectivity index (χ1) is 10.2. The van der Waals surface area contributed by atoms with E-state index < -0.39 is 0 Å². The molecule has 2 heterocycles. The number of oxime groups is 1. The molecule has 0 amide bonds. The molecule has 2 atom stereocenters. The number of fused-ring (bicyclic) bond motifs is 1. The smallest absolute Gasteiger partial charge is 0.173 e. The van der Waals surface area contributed by atoms with E-state index >= 15 is 0 Å². The molecule has 2 aromatic rings. The van der Waals surface area contributed by atoms with Crippen molar-refractivity contribution in [2.75, 3.05) is 5.32 Å². The number of nitrogens with two attached hydrogens (primary N) is 1. The van der Waals surface area contributed by atoms with Gasteiger partial charge in [-0.15, -0.1) is 0 Å². The third kappa shape index (κ3) is 2.53. The summed E-state index contributed by atoms with van der Waals surface area (Å²) in [5.41, 5.74) is 8.28. The van der Waals surface area contributed by atoms with E-state index in [0.29, 0.717) is 17.5 Å². The van der Waals surface area contributed by atoms with Crippen molar-refractivity contribution in [3.63, 3.8) is 0 Å². The highest BCUT2D eigenvalue weighted by molar-refractivity contribution is 6.04. The van der Waals surface area contributed by atoms with E-state index in [9.17, 15) is 0 Å². The summed E-state index contributed by atoms with van der Waals surface area (Å²) in [6.45, 7) is 2.27. The van der Waals surface area contributed by atoms with Crippen LogP contribution in [0.2, 0.25) is 0 Å². The third-order valence-corrected chi connectivity index (χ3v) is 4.39. The van der Waals surface area contributed by atoms with Gasteiger partial charge in [0.05, 0.1) is 23.0 Å². The Labute approximate surface area is 123 Å². The van der Waals surface area contributed by atoms with Crippen LogP contribution in [0, 0.1) is 5.92 Å². The van der Waals surface area contributed by atoms with Crippen LogP contribution in [0.15, 0.2) is 29.7 Å². The van der Waals surface area contributed by atoms with Gasteiger partial charge >= 0.3 is 0 Å². The van der Waals surface area contributed by atoms with Gasteiger partial charge in [0.15, 0.2) is 5.84 Å². The van der Waals surface area contributed by atoms with Crippen molar-refractivity contribution < 1.29 is 5.21 Å². The van der Waals surface area contributed by atoms with Crippen molar-refractivity contribution >= 4 is 17.0 Å². The predicted octanol–water partition coefficient (Wildman–Crippen LogP) is 2.42. The van der Waals surface area contributed by atoms with Crippen LogP contribution < -0.4 is 11.1 Å². The fourth-order valence-corrected chi connectivity index (χ4v) is 3.11. The number of rotatable bonds is 3. The second-order valence-electron chi connectivity index (χ2n) is 5.77. The molecule has 0 saturated heterocycles. The standard InChI is InChI=1S/C15H21N5O/c1-10-5-2-3-6-12(10)18-14-11(15(16)19-21)9-17-20-8-4-7-13(14)20/h4,7-10,12,18,21H,2-3,5-6H2,1H3,(H2,16,19). The summed E-state index contributed by atoms with van der Waals surface area (Å²) in [6, 6.07) is 4.33. The molecular weight excluding hydrogens is 266 g/mol. The van der Waals surface area contributed by atoms with E-state index in [4.69, 9.17) is 10.9 Å². The molecule has 2 unspecified atom stereocenters. The third-order valence-electron chi connectivity index (χ3n) is 4.39. The van der Waals surface area contributed by atoms with Crippen LogP contribution in [0.25, 0.3) is 5.52 Å². The van der Waals surface area contributed by atoms with E-state index in [-0.39, 0.29) is 5.84 Å². The van der Waals surface area contributed by atoms with Crippen molar-refractivity contribution in [2.24, 2.45) is 16.8 Å². The van der Waals surface area contributed by atoms with Gasteiger partial charge < -0.3 is 16.3 Å². The predicted molar refractivity (Wildman–Crippen MR) is 82.7 cm³/mol. The molecule has 0 radical (unpaired) electrons. The Kier molecular flexibility index (Phi) is 3.68. The zero-order chi connectivity index (χ0) is 14.8. The quantitative estimate of drug-likeness (QED) is 0.350. The average Bonchev–Trinajstić information content (AvgIpc) is 2.98. The molecule has 1 aliphatic carbocycles. The lowest BCUT2D eigenvalue weighted by molar-refractivity contribution is 0.318. The van der Waals surface area contributed by atoms with E-state index in [2.05, 4.69) is 22.5 Å². The first-order valence-electron chi connectivity index (χ1n) is 7.41. The number of hydrogen-bond acceptors (Lipinski definition) is 4. The summed E-state index contributed by atoms with van der Waals surface area (Å²) in [6.07, 6.45) is 8.44. The fourth-order valence-electron chi connectivity index (χ4n) is 3.11. The molecule has 1 fully saturated rings. The van der Waals surface area contributed by atoms with Gasteiger partial charge in [0, 0.05) is 12.2 Å². The highest BCUT2D eigenvalue weighted by atomic mass is 16.4. The topological polar surface area (TPSA) is 87.9 Å². The Bertz CT molecular complexity index is 663. The van der Waals surface area contributed by atoms with Crippen molar-refractivity contribution in [1.82, 2.24) is 9.61 Å².